The Morgan fingerprint density at radius 3 is 2.52 bits per heavy atom. The largest absolute Gasteiger partial charge is 0.378 e. The minimum Gasteiger partial charge on any atom is -0.378 e. The summed E-state index contributed by atoms with van der Waals surface area (Å²) in [5, 5.41) is 16.2. The van der Waals surface area contributed by atoms with Gasteiger partial charge in [0.05, 0.1) is 22.2 Å². The van der Waals surface area contributed by atoms with Crippen LogP contribution in [0.5, 0.6) is 0 Å². The molecule has 0 fully saturated rings. The summed E-state index contributed by atoms with van der Waals surface area (Å²) >= 11 is 1.54. The number of rotatable bonds is 9. The lowest BCUT2D eigenvalue weighted by Gasteiger charge is -2.24. The van der Waals surface area contributed by atoms with E-state index < -0.39 is 27.1 Å². The first-order valence-corrected chi connectivity index (χ1v) is 15.2. The van der Waals surface area contributed by atoms with Crippen molar-refractivity contribution in [3.63, 3.8) is 0 Å². The highest BCUT2D eigenvalue weighted by molar-refractivity contribution is 7.99. The van der Waals surface area contributed by atoms with Crippen LogP contribution < -0.4 is 10.0 Å². The van der Waals surface area contributed by atoms with Crippen molar-refractivity contribution in [2.75, 3.05) is 16.8 Å². The summed E-state index contributed by atoms with van der Waals surface area (Å²) in [6, 6.07) is 15.7. The number of aromatic nitrogens is 2. The topological polar surface area (TPSA) is 146 Å². The van der Waals surface area contributed by atoms with E-state index in [0.29, 0.717) is 33.7 Å². The molecule has 3 aromatic rings. The van der Waals surface area contributed by atoms with Gasteiger partial charge in [0, 0.05) is 46.8 Å². The van der Waals surface area contributed by atoms with Crippen molar-refractivity contribution in [2.45, 2.75) is 50.2 Å². The van der Waals surface area contributed by atoms with Gasteiger partial charge in [-0.15, -0.1) is 0 Å². The van der Waals surface area contributed by atoms with Crippen LogP contribution in [0.25, 0.3) is 11.1 Å². The molecule has 1 aliphatic rings. The number of hydrogen-bond acceptors (Lipinski definition) is 9. The molecule has 0 bridgehead atoms. The number of thioether (sulfide) groups is 1. The summed E-state index contributed by atoms with van der Waals surface area (Å²) in [6.07, 6.45) is 3.14. The number of carbonyl (C=O) groups excluding carboxylic acids is 1. The highest BCUT2D eigenvalue weighted by atomic mass is 32.2. The number of hydrogen-bond donors (Lipinski definition) is 2. The Balaban J connectivity index is 1.55. The highest BCUT2D eigenvalue weighted by Crippen LogP contribution is 2.32. The van der Waals surface area contributed by atoms with E-state index in [4.69, 9.17) is 4.84 Å². The minimum absolute atomic E-state index is 0.0475. The molecule has 0 radical (unpaired) electrons. The summed E-state index contributed by atoms with van der Waals surface area (Å²) in [4.78, 5) is 27.9. The van der Waals surface area contributed by atoms with E-state index in [1.807, 2.05) is 13.0 Å². The molecule has 0 saturated carbocycles. The van der Waals surface area contributed by atoms with Crippen LogP contribution in [0.4, 0.5) is 5.95 Å². The molecule has 1 unspecified atom stereocenters. The summed E-state index contributed by atoms with van der Waals surface area (Å²) in [5.74, 6) is 0.722. The van der Waals surface area contributed by atoms with Gasteiger partial charge in [-0.05, 0) is 44.7 Å². The smallest absolute Gasteiger partial charge is 0.275 e. The predicted molar refractivity (Wildman–Crippen MR) is 155 cm³/mol. The van der Waals surface area contributed by atoms with E-state index in [-0.39, 0.29) is 17.3 Å². The molecule has 0 aliphatic carbocycles. The van der Waals surface area contributed by atoms with Crippen LogP contribution in [0.1, 0.15) is 45.2 Å². The fourth-order valence-corrected chi connectivity index (χ4v) is 6.55. The molecule has 1 aliphatic heterocycles. The number of sulfonamides is 1. The second-order valence-corrected chi connectivity index (χ2v) is 13.2. The first-order valence-electron chi connectivity index (χ1n) is 12.6. The van der Waals surface area contributed by atoms with E-state index in [1.165, 1.54) is 18.5 Å². The third-order valence-electron chi connectivity index (χ3n) is 5.87. The number of nitriles is 1. The maximum atomic E-state index is 13.5. The molecule has 0 saturated heterocycles. The van der Waals surface area contributed by atoms with Gasteiger partial charge >= 0.3 is 0 Å². The Kier molecular flexibility index (Phi) is 8.58. The number of nitrogens with zero attached hydrogens (tertiary/aromatic N) is 4. The van der Waals surface area contributed by atoms with Gasteiger partial charge in [0.1, 0.15) is 0 Å². The standard InChI is InChI=1S/C28H30N6O4S2/c1-5-39-18-28(14-23(33-38-28)20-10-8-9-19(13-20)15-29)25(35)32-26-30-16-21(17-31-26)22-11-6-7-12-24(22)40(36,37)34-27(2,3)4/h6-13,16-17,34H,5,14,18H2,1-4H3,(H,30,31,32,35). The monoisotopic (exact) mass is 578 g/mol. The zero-order valence-electron chi connectivity index (χ0n) is 22.6. The number of oxime groups is 1. The van der Waals surface area contributed by atoms with Crippen molar-refractivity contribution in [3.05, 3.63) is 72.1 Å². The zero-order chi connectivity index (χ0) is 29.0. The SMILES string of the molecule is CCSCC1(C(=O)Nc2ncc(-c3ccccc3S(=O)(=O)NC(C)(C)C)cn2)CC(c2cccc(C#N)c2)=NO1. The van der Waals surface area contributed by atoms with Crippen LogP contribution in [-0.2, 0) is 19.7 Å². The number of carbonyl (C=O) groups is 1. The molecule has 12 heteroatoms. The van der Waals surface area contributed by atoms with Crippen molar-refractivity contribution in [1.82, 2.24) is 14.7 Å². The van der Waals surface area contributed by atoms with Gasteiger partial charge < -0.3 is 4.84 Å². The second-order valence-electron chi connectivity index (χ2n) is 10.2. The van der Waals surface area contributed by atoms with E-state index in [2.05, 4.69) is 31.2 Å². The fraction of sp³-hybridized carbons (Fsp3) is 0.321. The summed E-state index contributed by atoms with van der Waals surface area (Å²) in [5.41, 5.74) is 0.746. The number of benzene rings is 2. The lowest BCUT2D eigenvalue weighted by atomic mass is 9.94. The molecule has 1 aromatic heterocycles. The van der Waals surface area contributed by atoms with Crippen LogP contribution in [-0.4, -0.2) is 52.7 Å². The Hall–Kier alpha value is -3.79. The van der Waals surface area contributed by atoms with Gasteiger partial charge in [-0.3, -0.25) is 10.1 Å². The van der Waals surface area contributed by atoms with Gasteiger partial charge in [-0.1, -0.05) is 42.4 Å². The molecule has 1 amide bonds. The molecule has 208 valence electrons. The summed E-state index contributed by atoms with van der Waals surface area (Å²) < 4.78 is 28.7. The average molecular weight is 579 g/mol. The lowest BCUT2D eigenvalue weighted by molar-refractivity contribution is -0.135. The second kappa shape index (κ2) is 11.8. The first kappa shape index (κ1) is 29.2. The molecule has 4 rings (SSSR count). The van der Waals surface area contributed by atoms with Crippen molar-refractivity contribution in [3.8, 4) is 17.2 Å². The molecule has 2 N–H and O–H groups in total. The zero-order valence-corrected chi connectivity index (χ0v) is 24.3. The molecule has 2 aromatic carbocycles. The van der Waals surface area contributed by atoms with Gasteiger partial charge in [0.2, 0.25) is 21.6 Å². The van der Waals surface area contributed by atoms with Crippen molar-refractivity contribution in [1.29, 1.82) is 5.26 Å². The molecular weight excluding hydrogens is 548 g/mol. The Morgan fingerprint density at radius 2 is 1.85 bits per heavy atom. The van der Waals surface area contributed by atoms with Crippen LogP contribution in [0.2, 0.25) is 0 Å². The molecule has 40 heavy (non-hydrogen) atoms. The maximum Gasteiger partial charge on any atom is 0.275 e. The van der Waals surface area contributed by atoms with Gasteiger partial charge in [-0.25, -0.2) is 23.1 Å². The average Bonchev–Trinajstić information content (AvgIpc) is 3.37. The number of amides is 1. The Bertz CT molecular complexity index is 1580. The van der Waals surface area contributed by atoms with E-state index in [0.717, 1.165) is 5.75 Å². The highest BCUT2D eigenvalue weighted by Gasteiger charge is 2.47. The fourth-order valence-electron chi connectivity index (χ4n) is 4.08. The number of anilines is 1. The van der Waals surface area contributed by atoms with Gasteiger partial charge in [0.15, 0.2) is 0 Å². The first-order chi connectivity index (χ1) is 19.0. The molecule has 1 atom stereocenters. The summed E-state index contributed by atoms with van der Waals surface area (Å²) in [7, 11) is -3.81. The predicted octanol–water partition coefficient (Wildman–Crippen LogP) is 4.35. The third kappa shape index (κ3) is 6.67. The van der Waals surface area contributed by atoms with Crippen molar-refractivity contribution < 1.29 is 18.0 Å². The Labute approximate surface area is 238 Å². The quantitative estimate of drug-likeness (QED) is 0.381. The summed E-state index contributed by atoms with van der Waals surface area (Å²) in [6.45, 7) is 7.29. The van der Waals surface area contributed by atoms with E-state index in [9.17, 15) is 18.5 Å². The van der Waals surface area contributed by atoms with Gasteiger partial charge in [0.25, 0.3) is 5.91 Å². The van der Waals surface area contributed by atoms with Crippen molar-refractivity contribution >= 4 is 39.4 Å². The minimum atomic E-state index is -3.81. The van der Waals surface area contributed by atoms with Crippen LogP contribution in [0.15, 0.2) is 71.0 Å². The molecule has 2 heterocycles. The Morgan fingerprint density at radius 1 is 1.12 bits per heavy atom. The lowest BCUT2D eigenvalue weighted by Crippen LogP contribution is -2.46. The maximum absolute atomic E-state index is 13.5. The van der Waals surface area contributed by atoms with Crippen molar-refractivity contribution in [2.24, 2.45) is 5.16 Å². The molecule has 10 nitrogen and oxygen atoms in total. The van der Waals surface area contributed by atoms with Gasteiger partial charge in [-0.2, -0.15) is 17.0 Å². The van der Waals surface area contributed by atoms with Crippen LogP contribution >= 0.6 is 11.8 Å². The van der Waals surface area contributed by atoms with E-state index in [1.54, 1.807) is 68.9 Å². The molecular formula is C28H30N6O4S2. The van der Waals surface area contributed by atoms with Crippen LogP contribution in [0, 0.1) is 11.3 Å². The number of nitrogens with one attached hydrogen (secondary N) is 2. The normalized spacial score (nSPS) is 17.0. The third-order valence-corrected chi connectivity index (χ3v) is 8.76. The van der Waals surface area contributed by atoms with Crippen LogP contribution in [0.3, 0.4) is 0 Å². The molecule has 0 spiro atoms. The van der Waals surface area contributed by atoms with E-state index >= 15 is 0 Å².